The van der Waals surface area contributed by atoms with Crippen LogP contribution in [0.1, 0.15) is 61.3 Å². The van der Waals surface area contributed by atoms with Crippen LogP contribution in [0, 0.1) is 11.8 Å². The Morgan fingerprint density at radius 1 is 1.16 bits per heavy atom. The number of ether oxygens (including phenoxy) is 1. The van der Waals surface area contributed by atoms with Gasteiger partial charge in [0, 0.05) is 5.92 Å². The van der Waals surface area contributed by atoms with E-state index in [4.69, 9.17) is 9.16 Å². The van der Waals surface area contributed by atoms with Crippen molar-refractivity contribution < 1.29 is 18.8 Å². The SMILES string of the molecule is CCOC(=O)[C@H]1C(=O)C=C2CC[C@H](O[Si](C(C)C)(C(C)C)C(C)C)[C@@H]21. The summed E-state index contributed by atoms with van der Waals surface area (Å²) in [4.78, 5) is 24.8. The highest BCUT2D eigenvalue weighted by Crippen LogP contribution is 2.50. The van der Waals surface area contributed by atoms with Crippen LogP contribution < -0.4 is 0 Å². The molecule has 0 spiro atoms. The van der Waals surface area contributed by atoms with E-state index in [1.165, 1.54) is 0 Å². The molecule has 0 radical (unpaired) electrons. The van der Waals surface area contributed by atoms with Crippen molar-refractivity contribution in [2.75, 3.05) is 6.61 Å². The van der Waals surface area contributed by atoms with Gasteiger partial charge in [0.15, 0.2) is 5.78 Å². The van der Waals surface area contributed by atoms with E-state index >= 15 is 0 Å². The Labute approximate surface area is 153 Å². The fraction of sp³-hybridized carbons (Fsp3) is 0.800. The molecule has 0 saturated heterocycles. The number of rotatable bonds is 7. The molecule has 0 aromatic heterocycles. The fourth-order valence-corrected chi connectivity index (χ4v) is 10.8. The molecule has 1 fully saturated rings. The van der Waals surface area contributed by atoms with Gasteiger partial charge in [-0.3, -0.25) is 9.59 Å². The predicted octanol–water partition coefficient (Wildman–Crippen LogP) is 4.65. The maximum atomic E-state index is 12.4. The summed E-state index contributed by atoms with van der Waals surface area (Å²) >= 11 is 0. The van der Waals surface area contributed by atoms with E-state index in [2.05, 4.69) is 41.5 Å². The normalized spacial score (nSPS) is 26.6. The van der Waals surface area contributed by atoms with Gasteiger partial charge in [-0.05, 0) is 42.5 Å². The number of carbonyl (C=O) groups is 2. The summed E-state index contributed by atoms with van der Waals surface area (Å²) in [7, 11) is -2.05. The van der Waals surface area contributed by atoms with Crippen molar-refractivity contribution in [2.45, 2.75) is 84.0 Å². The first-order chi connectivity index (χ1) is 11.7. The van der Waals surface area contributed by atoms with E-state index in [0.717, 1.165) is 18.4 Å². The summed E-state index contributed by atoms with van der Waals surface area (Å²) in [5.74, 6) is -1.29. The van der Waals surface area contributed by atoms with Gasteiger partial charge in [-0.1, -0.05) is 47.1 Å². The van der Waals surface area contributed by atoms with Gasteiger partial charge in [0.25, 0.3) is 0 Å². The van der Waals surface area contributed by atoms with Crippen LogP contribution in [-0.2, 0) is 18.8 Å². The van der Waals surface area contributed by atoms with Crippen molar-refractivity contribution >= 4 is 20.1 Å². The van der Waals surface area contributed by atoms with E-state index in [9.17, 15) is 9.59 Å². The minimum absolute atomic E-state index is 0.0361. The van der Waals surface area contributed by atoms with E-state index in [1.807, 2.05) is 0 Å². The number of fused-ring (bicyclic) bond motifs is 1. The molecular formula is C20H34O4Si. The maximum Gasteiger partial charge on any atom is 0.317 e. The molecule has 0 heterocycles. The Kier molecular flexibility index (Phi) is 6.31. The molecule has 3 atom stereocenters. The van der Waals surface area contributed by atoms with Gasteiger partial charge < -0.3 is 9.16 Å². The van der Waals surface area contributed by atoms with Gasteiger partial charge in [0.05, 0.1) is 12.7 Å². The quantitative estimate of drug-likeness (QED) is 0.374. The zero-order valence-electron chi connectivity index (χ0n) is 16.8. The van der Waals surface area contributed by atoms with Gasteiger partial charge in [0.1, 0.15) is 5.92 Å². The number of esters is 1. The Balaban J connectivity index is 2.31. The van der Waals surface area contributed by atoms with Crippen LogP contribution >= 0.6 is 0 Å². The number of ketones is 1. The second kappa shape index (κ2) is 7.75. The molecule has 5 heteroatoms. The Morgan fingerprint density at radius 3 is 2.20 bits per heavy atom. The van der Waals surface area contributed by atoms with Crippen LogP contribution in [0.3, 0.4) is 0 Å². The predicted molar refractivity (Wildman–Crippen MR) is 102 cm³/mol. The minimum Gasteiger partial charge on any atom is -0.465 e. The summed E-state index contributed by atoms with van der Waals surface area (Å²) in [6.45, 7) is 15.7. The zero-order valence-corrected chi connectivity index (χ0v) is 17.8. The van der Waals surface area contributed by atoms with Crippen molar-refractivity contribution in [3.8, 4) is 0 Å². The molecule has 0 aromatic carbocycles. The van der Waals surface area contributed by atoms with Crippen LogP contribution in [0.15, 0.2) is 11.6 Å². The minimum atomic E-state index is -2.05. The van der Waals surface area contributed by atoms with Crippen LogP contribution in [0.4, 0.5) is 0 Å². The number of allylic oxidation sites excluding steroid dienone is 1. The van der Waals surface area contributed by atoms with Gasteiger partial charge >= 0.3 is 5.97 Å². The van der Waals surface area contributed by atoms with E-state index < -0.39 is 14.2 Å². The largest absolute Gasteiger partial charge is 0.465 e. The number of carbonyl (C=O) groups excluding carboxylic acids is 2. The van der Waals surface area contributed by atoms with Gasteiger partial charge in [-0.25, -0.2) is 0 Å². The molecule has 0 amide bonds. The Bertz CT molecular complexity index is 528. The third-order valence-electron chi connectivity index (χ3n) is 6.14. The zero-order chi connectivity index (χ0) is 18.9. The molecule has 25 heavy (non-hydrogen) atoms. The van der Waals surface area contributed by atoms with Crippen LogP contribution in [0.25, 0.3) is 0 Å². The molecule has 2 rings (SSSR count). The molecule has 142 valence electrons. The standard InChI is InChI=1S/C20H34O4Si/c1-8-23-20(22)19-16(21)11-15-9-10-17(18(15)19)24-25(12(2)3,13(4)5)14(6)7/h11-14,17-19H,8-10H2,1-7H3/t17-,18+,19-/m0/s1. The highest BCUT2D eigenvalue weighted by Gasteiger charge is 2.54. The van der Waals surface area contributed by atoms with Crippen LogP contribution in [-0.4, -0.2) is 32.8 Å². The molecule has 0 N–H and O–H groups in total. The second-order valence-electron chi connectivity index (χ2n) is 8.39. The van der Waals surface area contributed by atoms with E-state index in [1.54, 1.807) is 13.0 Å². The van der Waals surface area contributed by atoms with Gasteiger partial charge in [-0.2, -0.15) is 0 Å². The molecule has 0 bridgehead atoms. The van der Waals surface area contributed by atoms with Crippen molar-refractivity contribution in [1.29, 1.82) is 0 Å². The number of hydrogen-bond donors (Lipinski definition) is 0. The maximum absolute atomic E-state index is 12.4. The summed E-state index contributed by atoms with van der Waals surface area (Å²) in [6, 6.07) is 0. The molecule has 2 aliphatic carbocycles. The third-order valence-corrected chi connectivity index (χ3v) is 12.3. The summed E-state index contributed by atoms with van der Waals surface area (Å²) < 4.78 is 12.1. The molecular weight excluding hydrogens is 332 g/mol. The van der Waals surface area contributed by atoms with E-state index in [0.29, 0.717) is 23.2 Å². The molecule has 0 aliphatic heterocycles. The fourth-order valence-electron chi connectivity index (χ4n) is 5.24. The second-order valence-corrected chi connectivity index (χ2v) is 13.8. The summed E-state index contributed by atoms with van der Waals surface area (Å²) in [5, 5.41) is 0. The first-order valence-electron chi connectivity index (χ1n) is 9.75. The van der Waals surface area contributed by atoms with Crippen LogP contribution in [0.5, 0.6) is 0 Å². The van der Waals surface area contributed by atoms with Crippen molar-refractivity contribution in [1.82, 2.24) is 0 Å². The average Bonchev–Trinajstić information content (AvgIpc) is 3.01. The number of hydrogen-bond acceptors (Lipinski definition) is 4. The highest BCUT2D eigenvalue weighted by molar-refractivity contribution is 6.77. The lowest BCUT2D eigenvalue weighted by Gasteiger charge is -2.45. The monoisotopic (exact) mass is 366 g/mol. The third kappa shape index (κ3) is 3.50. The molecule has 0 aromatic rings. The summed E-state index contributed by atoms with van der Waals surface area (Å²) in [5.41, 5.74) is 2.54. The van der Waals surface area contributed by atoms with Crippen molar-refractivity contribution in [2.24, 2.45) is 11.8 Å². The first kappa shape index (κ1) is 20.4. The van der Waals surface area contributed by atoms with Gasteiger partial charge in [-0.15, -0.1) is 0 Å². The average molecular weight is 367 g/mol. The first-order valence-corrected chi connectivity index (χ1v) is 11.9. The lowest BCUT2D eigenvalue weighted by molar-refractivity contribution is -0.152. The van der Waals surface area contributed by atoms with Crippen molar-refractivity contribution in [3.63, 3.8) is 0 Å². The smallest absolute Gasteiger partial charge is 0.317 e. The highest BCUT2D eigenvalue weighted by atomic mass is 28.4. The Morgan fingerprint density at radius 2 is 1.72 bits per heavy atom. The van der Waals surface area contributed by atoms with Gasteiger partial charge in [0.2, 0.25) is 8.32 Å². The molecule has 2 aliphatic rings. The molecule has 0 unspecified atom stereocenters. The molecule has 1 saturated carbocycles. The summed E-state index contributed by atoms with van der Waals surface area (Å²) in [6.07, 6.45) is 3.40. The lowest BCUT2D eigenvalue weighted by atomic mass is 9.90. The van der Waals surface area contributed by atoms with E-state index in [-0.39, 0.29) is 23.8 Å². The topological polar surface area (TPSA) is 52.6 Å². The lowest BCUT2D eigenvalue weighted by Crippen LogP contribution is -2.51. The Hall–Kier alpha value is -0.943. The molecule has 4 nitrogen and oxygen atoms in total. The van der Waals surface area contributed by atoms with Crippen LogP contribution in [0.2, 0.25) is 16.6 Å². The van der Waals surface area contributed by atoms with Crippen molar-refractivity contribution in [3.05, 3.63) is 11.6 Å².